The van der Waals surface area contributed by atoms with Crippen LogP contribution < -0.4 is 5.32 Å². The topological polar surface area (TPSA) is 57.8 Å². The van der Waals surface area contributed by atoms with E-state index in [2.05, 4.69) is 15.3 Å². The number of fused-ring (bicyclic) bond motifs is 1. The fourth-order valence-electron chi connectivity index (χ4n) is 2.05. The number of amides is 1. The van der Waals surface area contributed by atoms with E-state index in [-0.39, 0.29) is 11.5 Å². The first kappa shape index (κ1) is 12.3. The highest BCUT2D eigenvalue weighted by molar-refractivity contribution is 6.04. The third kappa shape index (κ3) is 2.38. The summed E-state index contributed by atoms with van der Waals surface area (Å²) in [5.74, 6) is 0.0333. The lowest BCUT2D eigenvalue weighted by atomic mass is 10.2. The first-order valence-corrected chi connectivity index (χ1v) is 6.15. The Hall–Kier alpha value is -2.69. The Morgan fingerprint density at radius 3 is 2.90 bits per heavy atom. The number of rotatable bonds is 2. The summed E-state index contributed by atoms with van der Waals surface area (Å²) in [6.07, 6.45) is 0. The Morgan fingerprint density at radius 1 is 1.25 bits per heavy atom. The molecule has 1 amide bonds. The number of hydrogen-bond acceptors (Lipinski definition) is 2. The molecule has 0 aliphatic heterocycles. The number of hydrogen-bond donors (Lipinski definition) is 2. The highest BCUT2D eigenvalue weighted by Gasteiger charge is 2.08. The van der Waals surface area contributed by atoms with Crippen molar-refractivity contribution < 1.29 is 9.18 Å². The van der Waals surface area contributed by atoms with Crippen LogP contribution in [-0.4, -0.2) is 15.9 Å². The summed E-state index contributed by atoms with van der Waals surface area (Å²) in [6.45, 7) is 1.87. The molecular formula is C15H12FN3O. The number of halogens is 1. The minimum Gasteiger partial charge on any atom is -0.342 e. The van der Waals surface area contributed by atoms with Gasteiger partial charge < -0.3 is 10.3 Å². The average molecular weight is 269 g/mol. The molecule has 3 rings (SSSR count). The van der Waals surface area contributed by atoms with Gasteiger partial charge in [0.1, 0.15) is 11.6 Å². The minimum absolute atomic E-state index is 0.283. The first-order chi connectivity index (χ1) is 9.61. The Labute approximate surface area is 114 Å². The van der Waals surface area contributed by atoms with Crippen LogP contribution in [0.1, 0.15) is 16.2 Å². The lowest BCUT2D eigenvalue weighted by molar-refractivity contribution is 0.102. The first-order valence-electron chi connectivity index (χ1n) is 6.15. The van der Waals surface area contributed by atoms with E-state index in [9.17, 15) is 9.18 Å². The van der Waals surface area contributed by atoms with E-state index in [4.69, 9.17) is 0 Å². The number of aromatic amines is 1. The van der Waals surface area contributed by atoms with Crippen molar-refractivity contribution in [3.8, 4) is 0 Å². The predicted molar refractivity (Wildman–Crippen MR) is 75.2 cm³/mol. The minimum atomic E-state index is -0.433. The van der Waals surface area contributed by atoms with Gasteiger partial charge in [0.2, 0.25) is 0 Å². The number of carbonyl (C=O) groups is 1. The highest BCUT2D eigenvalue weighted by atomic mass is 19.1. The second kappa shape index (κ2) is 4.77. The molecule has 0 aliphatic rings. The highest BCUT2D eigenvalue weighted by Crippen LogP contribution is 2.18. The number of aryl methyl sites for hydroxylation is 1. The van der Waals surface area contributed by atoms with Gasteiger partial charge in [0, 0.05) is 11.3 Å². The van der Waals surface area contributed by atoms with Crippen LogP contribution >= 0.6 is 0 Å². The Bertz CT molecular complexity index is 795. The summed E-state index contributed by atoms with van der Waals surface area (Å²) in [5.41, 5.74) is 2.60. The SMILES string of the molecule is Cc1nc2ccc(NC(=O)c3cccc(F)c3)cc2[nH]1. The van der Waals surface area contributed by atoms with Gasteiger partial charge >= 0.3 is 0 Å². The summed E-state index contributed by atoms with van der Waals surface area (Å²) in [6, 6.07) is 11.0. The van der Waals surface area contributed by atoms with Gasteiger partial charge in [-0.3, -0.25) is 4.79 Å². The van der Waals surface area contributed by atoms with E-state index >= 15 is 0 Å². The summed E-state index contributed by atoms with van der Waals surface area (Å²) in [7, 11) is 0. The lowest BCUT2D eigenvalue weighted by Gasteiger charge is -2.05. The van der Waals surface area contributed by atoms with Crippen molar-refractivity contribution in [3.63, 3.8) is 0 Å². The average Bonchev–Trinajstić information content (AvgIpc) is 2.78. The molecule has 1 heterocycles. The molecule has 0 atom stereocenters. The number of carbonyl (C=O) groups excluding carboxylic acids is 1. The van der Waals surface area contributed by atoms with Gasteiger partial charge in [-0.15, -0.1) is 0 Å². The van der Waals surface area contributed by atoms with E-state index < -0.39 is 5.82 Å². The Kier molecular flexibility index (Phi) is 2.95. The van der Waals surface area contributed by atoms with Gasteiger partial charge in [-0.05, 0) is 43.3 Å². The molecule has 1 aromatic heterocycles. The zero-order valence-electron chi connectivity index (χ0n) is 10.8. The number of imidazole rings is 1. The summed E-state index contributed by atoms with van der Waals surface area (Å²) < 4.78 is 13.1. The van der Waals surface area contributed by atoms with Gasteiger partial charge in [0.25, 0.3) is 5.91 Å². The molecular weight excluding hydrogens is 257 g/mol. The molecule has 2 aromatic carbocycles. The van der Waals surface area contributed by atoms with Crippen LogP contribution in [-0.2, 0) is 0 Å². The van der Waals surface area contributed by atoms with Crippen molar-refractivity contribution in [1.29, 1.82) is 0 Å². The van der Waals surface area contributed by atoms with Gasteiger partial charge in [-0.2, -0.15) is 0 Å². The third-order valence-electron chi connectivity index (χ3n) is 2.94. The molecule has 0 fully saturated rings. The van der Waals surface area contributed by atoms with Gasteiger partial charge in [0.05, 0.1) is 11.0 Å². The van der Waals surface area contributed by atoms with E-state index in [0.29, 0.717) is 5.69 Å². The fourth-order valence-corrected chi connectivity index (χ4v) is 2.05. The molecule has 4 nitrogen and oxygen atoms in total. The number of H-pyrrole nitrogens is 1. The maximum Gasteiger partial charge on any atom is 0.255 e. The summed E-state index contributed by atoms with van der Waals surface area (Å²) >= 11 is 0. The number of benzene rings is 2. The zero-order chi connectivity index (χ0) is 14.1. The van der Waals surface area contributed by atoms with E-state index in [1.165, 1.54) is 18.2 Å². The van der Waals surface area contributed by atoms with Crippen molar-refractivity contribution in [1.82, 2.24) is 9.97 Å². The van der Waals surface area contributed by atoms with Crippen LogP contribution in [0.25, 0.3) is 11.0 Å². The standard InChI is InChI=1S/C15H12FN3O/c1-9-17-13-6-5-12(8-14(13)18-9)19-15(20)10-3-2-4-11(16)7-10/h2-8H,1H3,(H,17,18)(H,19,20). The quantitative estimate of drug-likeness (QED) is 0.750. The molecule has 0 saturated carbocycles. The van der Waals surface area contributed by atoms with Crippen molar-refractivity contribution >= 4 is 22.6 Å². The van der Waals surface area contributed by atoms with Crippen molar-refractivity contribution in [2.24, 2.45) is 0 Å². The molecule has 20 heavy (non-hydrogen) atoms. The van der Waals surface area contributed by atoms with Gasteiger partial charge in [0.15, 0.2) is 0 Å². The molecule has 0 bridgehead atoms. The van der Waals surface area contributed by atoms with E-state index in [0.717, 1.165) is 16.9 Å². The second-order valence-corrected chi connectivity index (χ2v) is 4.52. The van der Waals surface area contributed by atoms with Crippen molar-refractivity contribution in [2.75, 3.05) is 5.32 Å². The van der Waals surface area contributed by atoms with Gasteiger partial charge in [-0.25, -0.2) is 9.37 Å². The largest absolute Gasteiger partial charge is 0.342 e. The van der Waals surface area contributed by atoms with Crippen LogP contribution in [0, 0.1) is 12.7 Å². The monoisotopic (exact) mass is 269 g/mol. The Morgan fingerprint density at radius 2 is 2.10 bits per heavy atom. The summed E-state index contributed by atoms with van der Waals surface area (Å²) in [5, 5.41) is 2.73. The van der Waals surface area contributed by atoms with Gasteiger partial charge in [-0.1, -0.05) is 6.07 Å². The maximum absolute atomic E-state index is 13.1. The maximum atomic E-state index is 13.1. The van der Waals surface area contributed by atoms with Crippen molar-refractivity contribution in [3.05, 3.63) is 59.7 Å². The summed E-state index contributed by atoms with van der Waals surface area (Å²) in [4.78, 5) is 19.4. The smallest absolute Gasteiger partial charge is 0.255 e. The molecule has 5 heteroatoms. The fraction of sp³-hybridized carbons (Fsp3) is 0.0667. The molecule has 0 spiro atoms. The lowest BCUT2D eigenvalue weighted by Crippen LogP contribution is -2.11. The van der Waals surface area contributed by atoms with Crippen LogP contribution in [0.4, 0.5) is 10.1 Å². The molecule has 0 radical (unpaired) electrons. The second-order valence-electron chi connectivity index (χ2n) is 4.52. The normalized spacial score (nSPS) is 10.7. The third-order valence-corrected chi connectivity index (χ3v) is 2.94. The molecule has 0 unspecified atom stereocenters. The van der Waals surface area contributed by atoms with Crippen LogP contribution in [0.2, 0.25) is 0 Å². The molecule has 2 N–H and O–H groups in total. The van der Waals surface area contributed by atoms with Crippen LogP contribution in [0.15, 0.2) is 42.5 Å². The van der Waals surface area contributed by atoms with Crippen LogP contribution in [0.3, 0.4) is 0 Å². The molecule has 3 aromatic rings. The Balaban J connectivity index is 1.87. The van der Waals surface area contributed by atoms with Crippen molar-refractivity contribution in [2.45, 2.75) is 6.92 Å². The van der Waals surface area contributed by atoms with Crippen LogP contribution in [0.5, 0.6) is 0 Å². The molecule has 0 aliphatic carbocycles. The number of nitrogens with zero attached hydrogens (tertiary/aromatic N) is 1. The molecule has 100 valence electrons. The zero-order valence-corrected chi connectivity index (χ0v) is 10.8. The number of nitrogens with one attached hydrogen (secondary N) is 2. The molecule has 0 saturated heterocycles. The number of anilines is 1. The number of aromatic nitrogens is 2. The predicted octanol–water partition coefficient (Wildman–Crippen LogP) is 3.26. The van der Waals surface area contributed by atoms with E-state index in [1.807, 2.05) is 13.0 Å². The van der Waals surface area contributed by atoms with E-state index in [1.54, 1.807) is 18.2 Å².